The molecule has 1 unspecified atom stereocenters. The summed E-state index contributed by atoms with van der Waals surface area (Å²) in [5.74, 6) is 1.90. The van der Waals surface area contributed by atoms with Crippen molar-refractivity contribution < 1.29 is 4.74 Å². The van der Waals surface area contributed by atoms with Crippen LogP contribution in [0.15, 0.2) is 72.0 Å². The van der Waals surface area contributed by atoms with Gasteiger partial charge >= 0.3 is 0 Å². The third kappa shape index (κ3) is 8.29. The average Bonchev–Trinajstić information content (AvgIpc) is 3.26. The minimum Gasteiger partial charge on any atom is -0.376 e. The van der Waals surface area contributed by atoms with Crippen LogP contribution in [0.2, 0.25) is 0 Å². The van der Waals surface area contributed by atoms with E-state index in [4.69, 9.17) is 4.74 Å². The van der Waals surface area contributed by atoms with Gasteiger partial charge in [-0.2, -0.15) is 0 Å². The van der Waals surface area contributed by atoms with Gasteiger partial charge in [0.2, 0.25) is 0 Å². The number of para-hydroxylation sites is 1. The fourth-order valence-corrected chi connectivity index (χ4v) is 2.94. The molecule has 1 aromatic heterocycles. The molecular weight excluding hydrogens is 503 g/mol. The van der Waals surface area contributed by atoms with Crippen LogP contribution in [0.1, 0.15) is 25.2 Å². The zero-order chi connectivity index (χ0) is 21.0. The van der Waals surface area contributed by atoms with Crippen molar-refractivity contribution in [2.24, 2.45) is 10.9 Å². The van der Waals surface area contributed by atoms with E-state index in [-0.39, 0.29) is 24.0 Å². The van der Waals surface area contributed by atoms with Gasteiger partial charge in [0.15, 0.2) is 11.8 Å². The van der Waals surface area contributed by atoms with E-state index in [1.165, 1.54) is 5.56 Å². The predicted octanol–water partition coefficient (Wildman–Crippen LogP) is 3.79. The highest BCUT2D eigenvalue weighted by Crippen LogP contribution is 2.09. The molecule has 0 fully saturated rings. The van der Waals surface area contributed by atoms with Crippen LogP contribution >= 0.6 is 24.0 Å². The first-order valence-electron chi connectivity index (χ1n) is 10.3. The minimum atomic E-state index is 0. The summed E-state index contributed by atoms with van der Waals surface area (Å²) in [7, 11) is 0. The lowest BCUT2D eigenvalue weighted by Crippen LogP contribution is -2.40. The Bertz CT molecular complexity index is 901. The Morgan fingerprint density at radius 3 is 2.48 bits per heavy atom. The summed E-state index contributed by atoms with van der Waals surface area (Å²) < 4.78 is 7.79. The zero-order valence-corrected chi connectivity index (χ0v) is 20.4. The largest absolute Gasteiger partial charge is 0.376 e. The van der Waals surface area contributed by atoms with Crippen molar-refractivity contribution in [2.45, 2.75) is 27.0 Å². The van der Waals surface area contributed by atoms with Gasteiger partial charge in [-0.25, -0.2) is 4.99 Å². The molecule has 3 aromatic rings. The van der Waals surface area contributed by atoms with Crippen molar-refractivity contribution in [2.75, 3.05) is 19.7 Å². The lowest BCUT2D eigenvalue weighted by molar-refractivity contribution is 0.0931. The lowest BCUT2D eigenvalue weighted by atomic mass is 10.2. The van der Waals surface area contributed by atoms with Crippen molar-refractivity contribution in [3.8, 4) is 5.69 Å². The van der Waals surface area contributed by atoms with Crippen LogP contribution in [-0.2, 0) is 17.9 Å². The number of nitrogens with zero attached hydrogens (tertiary/aromatic N) is 4. The molecule has 3 rings (SSSR count). The molecule has 0 aliphatic rings. The van der Waals surface area contributed by atoms with E-state index in [9.17, 15) is 0 Å². The van der Waals surface area contributed by atoms with E-state index >= 15 is 0 Å². The fourth-order valence-electron chi connectivity index (χ4n) is 2.94. The second-order valence-corrected chi connectivity index (χ2v) is 7.13. The molecule has 2 N–H and O–H groups in total. The first-order chi connectivity index (χ1) is 14.8. The van der Waals surface area contributed by atoms with E-state index in [0.29, 0.717) is 25.7 Å². The summed E-state index contributed by atoms with van der Waals surface area (Å²) in [6, 6.07) is 20.3. The van der Waals surface area contributed by atoms with Crippen LogP contribution in [0.25, 0.3) is 5.69 Å². The quantitative estimate of drug-likeness (QED) is 0.235. The van der Waals surface area contributed by atoms with Gasteiger partial charge in [0, 0.05) is 18.8 Å². The molecule has 1 atom stereocenters. The normalized spacial score (nSPS) is 12.1. The van der Waals surface area contributed by atoms with E-state index in [1.54, 1.807) is 6.33 Å². The Kier molecular flexibility index (Phi) is 11.0. The smallest absolute Gasteiger partial charge is 0.191 e. The van der Waals surface area contributed by atoms with Crippen LogP contribution < -0.4 is 10.6 Å². The molecule has 31 heavy (non-hydrogen) atoms. The number of benzene rings is 2. The summed E-state index contributed by atoms with van der Waals surface area (Å²) in [5, 5.41) is 14.9. The first kappa shape index (κ1) is 24.8. The van der Waals surface area contributed by atoms with Crippen molar-refractivity contribution in [3.63, 3.8) is 0 Å². The SMILES string of the molecule is CCNC(=NCc1nncn1-c1ccccc1)NCC(C)COCc1ccccc1.I. The molecule has 1 heterocycles. The Morgan fingerprint density at radius 2 is 1.77 bits per heavy atom. The van der Waals surface area contributed by atoms with Crippen LogP contribution in [0, 0.1) is 5.92 Å². The summed E-state index contributed by atoms with van der Waals surface area (Å²) in [6.07, 6.45) is 1.71. The number of halogens is 1. The molecule has 0 bridgehead atoms. The predicted molar refractivity (Wildman–Crippen MR) is 135 cm³/mol. The topological polar surface area (TPSA) is 76.4 Å². The van der Waals surface area contributed by atoms with Gasteiger partial charge in [-0.1, -0.05) is 55.5 Å². The molecule has 0 radical (unpaired) electrons. The zero-order valence-electron chi connectivity index (χ0n) is 18.1. The van der Waals surface area contributed by atoms with Gasteiger partial charge in [-0.3, -0.25) is 4.57 Å². The molecule has 0 aliphatic carbocycles. The Labute approximate surface area is 201 Å². The molecule has 166 valence electrons. The fraction of sp³-hybridized carbons (Fsp3) is 0.348. The van der Waals surface area contributed by atoms with Gasteiger partial charge in [-0.15, -0.1) is 34.2 Å². The summed E-state index contributed by atoms with van der Waals surface area (Å²) in [4.78, 5) is 4.67. The van der Waals surface area contributed by atoms with Crippen LogP contribution in [-0.4, -0.2) is 40.4 Å². The van der Waals surface area contributed by atoms with Gasteiger partial charge < -0.3 is 15.4 Å². The summed E-state index contributed by atoms with van der Waals surface area (Å²) in [5.41, 5.74) is 2.21. The number of rotatable bonds is 10. The van der Waals surface area contributed by atoms with E-state index in [1.807, 2.05) is 53.1 Å². The van der Waals surface area contributed by atoms with Gasteiger partial charge in [0.1, 0.15) is 12.9 Å². The van der Waals surface area contributed by atoms with Crippen molar-refractivity contribution in [3.05, 3.63) is 78.4 Å². The van der Waals surface area contributed by atoms with E-state index in [0.717, 1.165) is 30.6 Å². The average molecular weight is 534 g/mol. The minimum absolute atomic E-state index is 0. The molecule has 0 saturated heterocycles. The van der Waals surface area contributed by atoms with Gasteiger partial charge in [0.05, 0.1) is 13.2 Å². The molecular formula is C23H31IN6O. The number of aromatic nitrogens is 3. The molecule has 0 spiro atoms. The second kappa shape index (κ2) is 13.8. The Hall–Kier alpha value is -2.46. The highest BCUT2D eigenvalue weighted by Gasteiger charge is 2.08. The first-order valence-corrected chi connectivity index (χ1v) is 10.3. The Morgan fingerprint density at radius 1 is 1.06 bits per heavy atom. The van der Waals surface area contributed by atoms with Crippen molar-refractivity contribution >= 4 is 29.9 Å². The third-order valence-electron chi connectivity index (χ3n) is 4.51. The number of aliphatic imine (C=N–C) groups is 1. The summed E-state index contributed by atoms with van der Waals surface area (Å²) >= 11 is 0. The molecule has 2 aromatic carbocycles. The maximum absolute atomic E-state index is 5.84. The maximum atomic E-state index is 5.84. The van der Waals surface area contributed by atoms with Crippen LogP contribution in [0.5, 0.6) is 0 Å². The molecule has 8 heteroatoms. The standard InChI is InChI=1S/C23H30N6O.HI/c1-3-24-23(25-14-19(2)16-30-17-20-10-6-4-7-11-20)26-15-22-28-27-18-29(22)21-12-8-5-9-13-21;/h4-13,18-19H,3,14-17H2,1-2H3,(H2,24,25,26);1H. The summed E-state index contributed by atoms with van der Waals surface area (Å²) in [6.45, 7) is 7.52. The number of hydrogen-bond acceptors (Lipinski definition) is 4. The van der Waals surface area contributed by atoms with Crippen molar-refractivity contribution in [1.82, 2.24) is 25.4 Å². The van der Waals surface area contributed by atoms with E-state index < -0.39 is 0 Å². The number of ether oxygens (including phenoxy) is 1. The highest BCUT2D eigenvalue weighted by atomic mass is 127. The Balaban J connectivity index is 0.00000341. The molecule has 0 aliphatic heterocycles. The lowest BCUT2D eigenvalue weighted by Gasteiger charge is -2.16. The number of nitrogens with one attached hydrogen (secondary N) is 2. The number of hydrogen-bond donors (Lipinski definition) is 2. The third-order valence-corrected chi connectivity index (χ3v) is 4.51. The monoisotopic (exact) mass is 534 g/mol. The van der Waals surface area contributed by atoms with Crippen LogP contribution in [0.4, 0.5) is 0 Å². The second-order valence-electron chi connectivity index (χ2n) is 7.13. The van der Waals surface area contributed by atoms with Crippen LogP contribution in [0.3, 0.4) is 0 Å². The molecule has 0 amide bonds. The number of guanidine groups is 1. The molecule has 7 nitrogen and oxygen atoms in total. The highest BCUT2D eigenvalue weighted by molar-refractivity contribution is 14.0. The van der Waals surface area contributed by atoms with Gasteiger partial charge in [0.25, 0.3) is 0 Å². The van der Waals surface area contributed by atoms with E-state index in [2.05, 4.69) is 51.8 Å². The van der Waals surface area contributed by atoms with Crippen molar-refractivity contribution in [1.29, 1.82) is 0 Å². The van der Waals surface area contributed by atoms with Gasteiger partial charge in [-0.05, 0) is 30.5 Å². The molecule has 0 saturated carbocycles. The maximum Gasteiger partial charge on any atom is 0.191 e.